The first-order chi connectivity index (χ1) is 6.90. The third-order valence-corrected chi connectivity index (χ3v) is 3.24. The van der Waals surface area contributed by atoms with Crippen molar-refractivity contribution < 1.29 is 4.74 Å². The fraction of sp³-hybridized carbons (Fsp3) is 0.909. The van der Waals surface area contributed by atoms with Crippen molar-refractivity contribution in [3.63, 3.8) is 0 Å². The summed E-state index contributed by atoms with van der Waals surface area (Å²) in [6.45, 7) is 7.03. The Balaban J connectivity index is 3.65. The lowest BCUT2D eigenvalue weighted by Gasteiger charge is -2.24. The minimum atomic E-state index is -0.0164. The van der Waals surface area contributed by atoms with Crippen molar-refractivity contribution in [2.75, 3.05) is 33.9 Å². The molecule has 0 unspecified atom stereocenters. The molecule has 4 heteroatoms. The standard InChI is InChI=1S/C11H24N2OS/c1-11(2,10(12)15)6-5-7-13(3)8-9-14-4/h5-9H2,1-4H3,(H2,12,15). The molecule has 0 rings (SSSR count). The van der Waals surface area contributed by atoms with Crippen LogP contribution in [0.15, 0.2) is 0 Å². The quantitative estimate of drug-likeness (QED) is 0.646. The summed E-state index contributed by atoms with van der Waals surface area (Å²) >= 11 is 5.02. The Bertz CT molecular complexity index is 195. The molecule has 0 radical (unpaired) electrons. The van der Waals surface area contributed by atoms with E-state index in [0.717, 1.165) is 32.5 Å². The molecule has 0 aromatic heterocycles. The smallest absolute Gasteiger partial charge is 0.0784 e. The van der Waals surface area contributed by atoms with Gasteiger partial charge in [0.15, 0.2) is 0 Å². The Hall–Kier alpha value is -0.190. The normalized spacial score (nSPS) is 12.1. The number of likely N-dealkylation sites (N-methyl/N-ethyl adjacent to an activating group) is 1. The second-order valence-electron chi connectivity index (χ2n) is 4.65. The van der Waals surface area contributed by atoms with Gasteiger partial charge < -0.3 is 15.4 Å². The highest BCUT2D eigenvalue weighted by atomic mass is 32.1. The molecule has 0 amide bonds. The van der Waals surface area contributed by atoms with Gasteiger partial charge in [-0.3, -0.25) is 0 Å². The first-order valence-electron chi connectivity index (χ1n) is 5.37. The Morgan fingerprint density at radius 1 is 1.40 bits per heavy atom. The van der Waals surface area contributed by atoms with Gasteiger partial charge in [-0.2, -0.15) is 0 Å². The summed E-state index contributed by atoms with van der Waals surface area (Å²) in [5.41, 5.74) is 5.65. The third kappa shape index (κ3) is 6.82. The summed E-state index contributed by atoms with van der Waals surface area (Å²) < 4.78 is 5.02. The van der Waals surface area contributed by atoms with Crippen LogP contribution in [0.1, 0.15) is 26.7 Å². The SMILES string of the molecule is COCCN(C)CCCC(C)(C)C(N)=S. The van der Waals surface area contributed by atoms with Crippen LogP contribution in [-0.4, -0.2) is 43.7 Å². The molecule has 0 aliphatic carbocycles. The first kappa shape index (κ1) is 14.8. The van der Waals surface area contributed by atoms with Crippen molar-refractivity contribution in [1.29, 1.82) is 0 Å². The summed E-state index contributed by atoms with van der Waals surface area (Å²) in [6, 6.07) is 0. The molecule has 0 aliphatic rings. The van der Waals surface area contributed by atoms with Crippen molar-refractivity contribution in [3.05, 3.63) is 0 Å². The number of hydrogen-bond donors (Lipinski definition) is 1. The van der Waals surface area contributed by atoms with Gasteiger partial charge >= 0.3 is 0 Å². The number of ether oxygens (including phenoxy) is 1. The molecule has 0 aromatic carbocycles. The first-order valence-corrected chi connectivity index (χ1v) is 5.78. The zero-order valence-corrected chi connectivity index (χ0v) is 11.2. The number of nitrogens with zero attached hydrogens (tertiary/aromatic N) is 1. The van der Waals surface area contributed by atoms with Gasteiger partial charge in [0.1, 0.15) is 0 Å². The van der Waals surface area contributed by atoms with Crippen molar-refractivity contribution >= 4 is 17.2 Å². The molecule has 0 saturated heterocycles. The van der Waals surface area contributed by atoms with Gasteiger partial charge in [-0.25, -0.2) is 0 Å². The van der Waals surface area contributed by atoms with Crippen molar-refractivity contribution in [2.45, 2.75) is 26.7 Å². The van der Waals surface area contributed by atoms with Gasteiger partial charge in [-0.15, -0.1) is 0 Å². The van der Waals surface area contributed by atoms with Crippen LogP contribution in [0, 0.1) is 5.41 Å². The topological polar surface area (TPSA) is 38.5 Å². The van der Waals surface area contributed by atoms with Crippen LogP contribution in [0.5, 0.6) is 0 Å². The molecule has 15 heavy (non-hydrogen) atoms. The molecule has 0 heterocycles. The third-order valence-electron chi connectivity index (χ3n) is 2.69. The van der Waals surface area contributed by atoms with E-state index in [1.807, 2.05) is 0 Å². The average Bonchev–Trinajstić information content (AvgIpc) is 2.14. The number of rotatable bonds is 8. The maximum atomic E-state index is 5.67. The highest BCUT2D eigenvalue weighted by molar-refractivity contribution is 7.80. The molecule has 0 aromatic rings. The highest BCUT2D eigenvalue weighted by Crippen LogP contribution is 2.22. The van der Waals surface area contributed by atoms with Gasteiger partial charge in [0.05, 0.1) is 11.6 Å². The number of nitrogens with two attached hydrogens (primary N) is 1. The van der Waals surface area contributed by atoms with E-state index in [4.69, 9.17) is 22.7 Å². The van der Waals surface area contributed by atoms with Gasteiger partial charge in [-0.1, -0.05) is 26.1 Å². The zero-order valence-electron chi connectivity index (χ0n) is 10.4. The summed E-state index contributed by atoms with van der Waals surface area (Å²) in [7, 11) is 3.83. The van der Waals surface area contributed by atoms with E-state index >= 15 is 0 Å². The Morgan fingerprint density at radius 2 is 2.00 bits per heavy atom. The van der Waals surface area contributed by atoms with E-state index in [2.05, 4.69) is 25.8 Å². The second-order valence-corrected chi connectivity index (χ2v) is 5.09. The van der Waals surface area contributed by atoms with Crippen LogP contribution in [0.4, 0.5) is 0 Å². The molecule has 0 fully saturated rings. The molecule has 2 N–H and O–H groups in total. The number of hydrogen-bond acceptors (Lipinski definition) is 3. The maximum absolute atomic E-state index is 5.67. The van der Waals surface area contributed by atoms with Crippen LogP contribution >= 0.6 is 12.2 Å². The lowest BCUT2D eigenvalue weighted by atomic mass is 9.88. The maximum Gasteiger partial charge on any atom is 0.0784 e. The summed E-state index contributed by atoms with van der Waals surface area (Å²) in [5.74, 6) is 0. The van der Waals surface area contributed by atoms with Gasteiger partial charge in [-0.05, 0) is 26.4 Å². The van der Waals surface area contributed by atoms with E-state index in [0.29, 0.717) is 4.99 Å². The number of methoxy groups -OCH3 is 1. The molecule has 0 spiro atoms. The molecule has 0 aliphatic heterocycles. The van der Waals surface area contributed by atoms with Gasteiger partial charge in [0, 0.05) is 19.1 Å². The molecular formula is C11H24N2OS. The van der Waals surface area contributed by atoms with Crippen molar-refractivity contribution in [2.24, 2.45) is 11.1 Å². The fourth-order valence-corrected chi connectivity index (χ4v) is 1.38. The molecule has 0 atom stereocenters. The predicted molar refractivity (Wildman–Crippen MR) is 69.2 cm³/mol. The minimum absolute atomic E-state index is 0.0164. The van der Waals surface area contributed by atoms with Gasteiger partial charge in [0.25, 0.3) is 0 Å². The molecule has 90 valence electrons. The number of thiocarbonyl (C=S) groups is 1. The lowest BCUT2D eigenvalue weighted by molar-refractivity contribution is 0.159. The monoisotopic (exact) mass is 232 g/mol. The van der Waals surface area contributed by atoms with E-state index in [-0.39, 0.29) is 5.41 Å². The highest BCUT2D eigenvalue weighted by Gasteiger charge is 2.20. The molecule has 0 saturated carbocycles. The van der Waals surface area contributed by atoms with Gasteiger partial charge in [0.2, 0.25) is 0 Å². The molecular weight excluding hydrogens is 208 g/mol. The Morgan fingerprint density at radius 3 is 2.47 bits per heavy atom. The molecule has 0 bridgehead atoms. The lowest BCUT2D eigenvalue weighted by Crippen LogP contribution is -2.31. The second kappa shape index (κ2) is 7.14. The largest absolute Gasteiger partial charge is 0.393 e. The van der Waals surface area contributed by atoms with Crippen LogP contribution in [0.3, 0.4) is 0 Å². The van der Waals surface area contributed by atoms with Crippen LogP contribution in [0.2, 0.25) is 0 Å². The summed E-state index contributed by atoms with van der Waals surface area (Å²) in [6.07, 6.45) is 2.16. The summed E-state index contributed by atoms with van der Waals surface area (Å²) in [4.78, 5) is 2.88. The minimum Gasteiger partial charge on any atom is -0.393 e. The van der Waals surface area contributed by atoms with Crippen LogP contribution < -0.4 is 5.73 Å². The van der Waals surface area contributed by atoms with E-state index < -0.39 is 0 Å². The van der Waals surface area contributed by atoms with E-state index in [9.17, 15) is 0 Å². The Kier molecular flexibility index (Phi) is 7.05. The van der Waals surface area contributed by atoms with Crippen molar-refractivity contribution in [3.8, 4) is 0 Å². The average molecular weight is 232 g/mol. The van der Waals surface area contributed by atoms with E-state index in [1.165, 1.54) is 0 Å². The summed E-state index contributed by atoms with van der Waals surface area (Å²) in [5, 5.41) is 0. The van der Waals surface area contributed by atoms with Crippen molar-refractivity contribution in [1.82, 2.24) is 4.90 Å². The van der Waals surface area contributed by atoms with E-state index in [1.54, 1.807) is 7.11 Å². The van der Waals surface area contributed by atoms with Crippen LogP contribution in [0.25, 0.3) is 0 Å². The zero-order chi connectivity index (χ0) is 11.9. The predicted octanol–water partition coefficient (Wildman–Crippen LogP) is 1.66. The fourth-order valence-electron chi connectivity index (χ4n) is 1.27. The van der Waals surface area contributed by atoms with Crippen LogP contribution in [-0.2, 0) is 4.74 Å². The Labute approximate surface area is 99.0 Å². The molecule has 3 nitrogen and oxygen atoms in total.